The molecule has 0 saturated carbocycles. The van der Waals surface area contributed by atoms with Crippen LogP contribution in [0.4, 0.5) is 0 Å². The van der Waals surface area contributed by atoms with E-state index in [1.165, 1.54) is 18.0 Å². The van der Waals surface area contributed by atoms with Crippen LogP contribution in [0.1, 0.15) is 56.9 Å². The van der Waals surface area contributed by atoms with Crippen molar-refractivity contribution < 1.29 is 14.0 Å². The summed E-state index contributed by atoms with van der Waals surface area (Å²) < 4.78 is 5.47. The number of hydrogen-bond acceptors (Lipinski definition) is 5. The quantitative estimate of drug-likeness (QED) is 0.604. The maximum absolute atomic E-state index is 12.8. The lowest BCUT2D eigenvalue weighted by molar-refractivity contribution is -0.131. The molecule has 28 heavy (non-hydrogen) atoms. The fourth-order valence-corrected chi connectivity index (χ4v) is 3.29. The summed E-state index contributed by atoms with van der Waals surface area (Å²) in [4.78, 5) is 32.1. The van der Waals surface area contributed by atoms with Crippen LogP contribution >= 0.6 is 11.8 Å². The smallest absolute Gasteiger partial charge is 0.273 e. The van der Waals surface area contributed by atoms with Gasteiger partial charge in [0.15, 0.2) is 5.69 Å². The lowest BCUT2D eigenvalue weighted by Crippen LogP contribution is -2.39. The summed E-state index contributed by atoms with van der Waals surface area (Å²) in [5.41, 5.74) is 0.241. The zero-order chi connectivity index (χ0) is 20.5. The van der Waals surface area contributed by atoms with Gasteiger partial charge in [0.05, 0.1) is 12.3 Å². The van der Waals surface area contributed by atoms with Crippen molar-refractivity contribution in [2.24, 2.45) is 0 Å². The third-order valence-corrected chi connectivity index (χ3v) is 5.63. The lowest BCUT2D eigenvalue weighted by Gasteiger charge is -2.27. The number of amides is 2. The van der Waals surface area contributed by atoms with Crippen LogP contribution in [0, 0.1) is 0 Å². The van der Waals surface area contributed by atoms with Gasteiger partial charge in [-0.2, -0.15) is 0 Å². The summed E-state index contributed by atoms with van der Waals surface area (Å²) in [6, 6.07) is 9.96. The minimum atomic E-state index is -0.259. The van der Waals surface area contributed by atoms with Gasteiger partial charge in [0.2, 0.25) is 11.8 Å². The molecule has 1 N–H and O–H groups in total. The molecule has 6 nitrogen and oxygen atoms in total. The summed E-state index contributed by atoms with van der Waals surface area (Å²) in [6.45, 7) is 8.23. The Morgan fingerprint density at radius 1 is 1.18 bits per heavy atom. The zero-order valence-corrected chi connectivity index (χ0v) is 17.8. The van der Waals surface area contributed by atoms with E-state index in [0.717, 1.165) is 17.7 Å². The molecule has 1 aromatic carbocycles. The Kier molecular flexibility index (Phi) is 8.57. The summed E-state index contributed by atoms with van der Waals surface area (Å²) in [7, 11) is 0. The van der Waals surface area contributed by atoms with Crippen LogP contribution < -0.4 is 5.32 Å². The first kappa shape index (κ1) is 22.0. The molecule has 0 radical (unpaired) electrons. The Bertz CT molecular complexity index is 763. The molecule has 2 amide bonds. The Balaban J connectivity index is 2.01. The molecule has 152 valence electrons. The van der Waals surface area contributed by atoms with Gasteiger partial charge in [-0.25, -0.2) is 4.98 Å². The van der Waals surface area contributed by atoms with Crippen LogP contribution in [-0.2, 0) is 11.3 Å². The number of rotatable bonds is 10. The average molecular weight is 404 g/mol. The van der Waals surface area contributed by atoms with Gasteiger partial charge in [-0.1, -0.05) is 32.0 Å². The number of oxazole rings is 1. The number of benzene rings is 1. The number of carbonyl (C=O) groups excluding carboxylic acids is 2. The Labute approximate surface area is 171 Å². The summed E-state index contributed by atoms with van der Waals surface area (Å²) in [5, 5.41) is 2.86. The molecule has 0 unspecified atom stereocenters. The number of nitrogens with one attached hydrogen (secondary N) is 1. The molecule has 2 atom stereocenters. The van der Waals surface area contributed by atoms with Gasteiger partial charge >= 0.3 is 0 Å². The predicted octanol–water partition coefficient (Wildman–Crippen LogP) is 4.12. The standard InChI is InChI=1S/C21H29N3O3S/c1-5-15(3)22-21(26)18-13-27-19(23-18)12-24(16(4)6-2)20(25)14-28-17-10-8-7-9-11-17/h7-11,13,15-16H,5-6,12,14H2,1-4H3,(H,22,26)/t15-,16+/m0/s1. The van der Waals surface area contributed by atoms with Crippen molar-refractivity contribution >= 4 is 23.6 Å². The summed E-state index contributed by atoms with van der Waals surface area (Å²) in [5.74, 6) is 0.473. The molecule has 0 spiro atoms. The molecule has 7 heteroatoms. The van der Waals surface area contributed by atoms with E-state index in [0.29, 0.717) is 11.6 Å². The van der Waals surface area contributed by atoms with Gasteiger partial charge in [-0.15, -0.1) is 11.8 Å². The molecule has 0 saturated heterocycles. The zero-order valence-electron chi connectivity index (χ0n) is 17.0. The highest BCUT2D eigenvalue weighted by atomic mass is 32.2. The molecule has 1 heterocycles. The molecular formula is C21H29N3O3S. The third kappa shape index (κ3) is 6.41. The first-order valence-electron chi connectivity index (χ1n) is 9.67. The van der Waals surface area contributed by atoms with Crippen LogP contribution in [0.15, 0.2) is 45.9 Å². The second-order valence-electron chi connectivity index (χ2n) is 6.79. The SMILES string of the molecule is CC[C@@H](C)N(Cc1nc(C(=O)N[C@@H](C)CC)co1)C(=O)CSc1ccccc1. The normalized spacial score (nSPS) is 13.0. The van der Waals surface area contributed by atoms with E-state index in [-0.39, 0.29) is 36.1 Å². The van der Waals surface area contributed by atoms with Gasteiger partial charge in [0.25, 0.3) is 5.91 Å². The van der Waals surface area contributed by atoms with Crippen LogP contribution in [-0.4, -0.2) is 39.5 Å². The average Bonchev–Trinajstić information content (AvgIpc) is 3.19. The van der Waals surface area contributed by atoms with Crippen LogP contribution in [0.25, 0.3) is 0 Å². The Morgan fingerprint density at radius 3 is 2.54 bits per heavy atom. The van der Waals surface area contributed by atoms with Gasteiger partial charge in [-0.3, -0.25) is 9.59 Å². The highest BCUT2D eigenvalue weighted by Crippen LogP contribution is 2.19. The lowest BCUT2D eigenvalue weighted by atomic mass is 10.2. The Morgan fingerprint density at radius 2 is 1.89 bits per heavy atom. The summed E-state index contributed by atoms with van der Waals surface area (Å²) in [6.07, 6.45) is 3.01. The fraction of sp³-hybridized carbons (Fsp3) is 0.476. The predicted molar refractivity (Wildman–Crippen MR) is 111 cm³/mol. The minimum Gasteiger partial charge on any atom is -0.446 e. The molecular weight excluding hydrogens is 374 g/mol. The highest BCUT2D eigenvalue weighted by Gasteiger charge is 2.22. The van der Waals surface area contributed by atoms with E-state index >= 15 is 0 Å². The number of nitrogens with zero attached hydrogens (tertiary/aromatic N) is 2. The molecule has 0 fully saturated rings. The van der Waals surface area contributed by atoms with Crippen molar-refractivity contribution in [1.29, 1.82) is 0 Å². The van der Waals surface area contributed by atoms with Gasteiger partial charge < -0.3 is 14.6 Å². The van der Waals surface area contributed by atoms with Gasteiger partial charge in [-0.05, 0) is 38.8 Å². The van der Waals surface area contributed by atoms with E-state index < -0.39 is 0 Å². The first-order valence-corrected chi connectivity index (χ1v) is 10.7. The molecule has 0 bridgehead atoms. The molecule has 0 aliphatic rings. The highest BCUT2D eigenvalue weighted by molar-refractivity contribution is 8.00. The van der Waals surface area contributed by atoms with Gasteiger partial charge in [0, 0.05) is 17.0 Å². The monoisotopic (exact) mass is 403 g/mol. The number of aromatic nitrogens is 1. The van der Waals surface area contributed by atoms with Crippen molar-refractivity contribution in [1.82, 2.24) is 15.2 Å². The summed E-state index contributed by atoms with van der Waals surface area (Å²) >= 11 is 1.51. The fourth-order valence-electron chi connectivity index (χ4n) is 2.49. The van der Waals surface area contributed by atoms with Crippen LogP contribution in [0.3, 0.4) is 0 Å². The second-order valence-corrected chi connectivity index (χ2v) is 7.84. The van der Waals surface area contributed by atoms with Crippen molar-refractivity contribution in [2.75, 3.05) is 5.75 Å². The third-order valence-electron chi connectivity index (χ3n) is 4.63. The number of hydrogen-bond donors (Lipinski definition) is 1. The van der Waals surface area contributed by atoms with Crippen LogP contribution in [0.5, 0.6) is 0 Å². The molecule has 2 aromatic rings. The number of thioether (sulfide) groups is 1. The Hall–Kier alpha value is -2.28. The second kappa shape index (κ2) is 10.9. The van der Waals surface area contributed by atoms with Crippen molar-refractivity contribution in [2.45, 2.75) is 64.1 Å². The molecule has 0 aliphatic carbocycles. The van der Waals surface area contributed by atoms with E-state index in [1.54, 1.807) is 4.90 Å². The topological polar surface area (TPSA) is 75.4 Å². The van der Waals surface area contributed by atoms with Crippen molar-refractivity contribution in [3.8, 4) is 0 Å². The van der Waals surface area contributed by atoms with Gasteiger partial charge in [0.1, 0.15) is 6.26 Å². The van der Waals surface area contributed by atoms with E-state index in [9.17, 15) is 9.59 Å². The van der Waals surface area contributed by atoms with Crippen molar-refractivity contribution in [3.63, 3.8) is 0 Å². The van der Waals surface area contributed by atoms with Crippen LogP contribution in [0.2, 0.25) is 0 Å². The maximum atomic E-state index is 12.8. The van der Waals surface area contributed by atoms with Crippen molar-refractivity contribution in [3.05, 3.63) is 48.2 Å². The largest absolute Gasteiger partial charge is 0.446 e. The van der Waals surface area contributed by atoms with E-state index in [1.807, 2.05) is 58.0 Å². The maximum Gasteiger partial charge on any atom is 0.273 e. The first-order chi connectivity index (χ1) is 13.4. The van der Waals surface area contributed by atoms with E-state index in [2.05, 4.69) is 10.3 Å². The minimum absolute atomic E-state index is 0.0204. The van der Waals surface area contributed by atoms with E-state index in [4.69, 9.17) is 4.42 Å². The molecule has 2 rings (SSSR count). The molecule has 0 aliphatic heterocycles. The molecule has 1 aromatic heterocycles. The number of carbonyl (C=O) groups is 2.